The van der Waals surface area contributed by atoms with Gasteiger partial charge in [0.15, 0.2) is 37.6 Å². The number of carbonyl (C=O) groups is 1. The van der Waals surface area contributed by atoms with Crippen LogP contribution >= 0.6 is 0 Å². The normalized spacial score (nSPS) is 33.5. The van der Waals surface area contributed by atoms with Crippen LogP contribution in [0.4, 0.5) is 0 Å². The molecule has 0 bridgehead atoms. The highest BCUT2D eigenvalue weighted by molar-refractivity contribution is 5.66. The minimum Gasteiger partial charge on any atom is -0.454 e. The second-order valence-electron chi connectivity index (χ2n) is 29.8. The molecular formula is C82H154O25. The van der Waals surface area contributed by atoms with Gasteiger partial charge in [-0.1, -0.05) is 174 Å². The van der Waals surface area contributed by atoms with Crippen LogP contribution in [0.25, 0.3) is 0 Å². The highest BCUT2D eigenvalue weighted by Crippen LogP contribution is 2.42. The Labute approximate surface area is 646 Å². The molecular weight excluding hydrogens is 1380 g/mol. The van der Waals surface area contributed by atoms with Crippen molar-refractivity contribution in [1.29, 1.82) is 0 Å². The first-order chi connectivity index (χ1) is 52.2. The fourth-order valence-electron chi connectivity index (χ4n) is 13.8. The van der Waals surface area contributed by atoms with E-state index in [1.807, 2.05) is 6.92 Å². The maximum atomic E-state index is 13.5. The standard InChI is InChI=1S/C82H154O25/c1-16-28-40-86-53-61-68(92-46-34-22-7)73(94-48-36-24-9)76(98-59(15)84)81(102-61)105-71-64(56-89-43-31-19-4)101-79(58(14)67(71)91-45-33-21-6)107-77-74(95-49-37-25-10)69(93-47-35-23-8)62(54-87-41-29-17-2)103-82(77)106-72-65(85)60(52-83)99-80(75(72)96-50-38-26-11)104-70-63(55-88-42-30-18-3)100-78(97-51-39-27-12)57(13)66(70)90-44-32-20-5/h57-58,60-83,85H,16-56H2,1-15H3/t57-,58-,60?,61?,62?,63?,64?,65+,66?,67?,68-,69-,70+,71+,72?,73?,74?,75?,76?,77-,78+,79-,80-,81-,82-/m0/s1. The molecule has 25 nitrogen and oxygen atoms in total. The largest absolute Gasteiger partial charge is 0.454 e. The lowest BCUT2D eigenvalue weighted by atomic mass is 9.90. The van der Waals surface area contributed by atoms with Crippen LogP contribution in [-0.4, -0.2) is 270 Å². The van der Waals surface area contributed by atoms with E-state index in [9.17, 15) is 15.0 Å². The molecule has 25 heteroatoms. The maximum absolute atomic E-state index is 13.5. The van der Waals surface area contributed by atoms with E-state index in [0.29, 0.717) is 85.5 Å². The summed E-state index contributed by atoms with van der Waals surface area (Å²) in [5.74, 6) is -1.49. The van der Waals surface area contributed by atoms with Crippen molar-refractivity contribution in [1.82, 2.24) is 0 Å². The van der Waals surface area contributed by atoms with E-state index in [4.69, 9.17) is 104 Å². The lowest BCUT2D eigenvalue weighted by Crippen LogP contribution is -2.68. The molecule has 2 N–H and O–H groups in total. The number of rotatable bonds is 62. The van der Waals surface area contributed by atoms with Crippen molar-refractivity contribution in [2.45, 2.75) is 399 Å². The number of ether oxygens (including phenoxy) is 22. The Morgan fingerprint density at radius 2 is 0.542 bits per heavy atom. The Kier molecular flexibility index (Phi) is 51.7. The van der Waals surface area contributed by atoms with Crippen LogP contribution in [0, 0.1) is 11.8 Å². The summed E-state index contributed by atoms with van der Waals surface area (Å²) >= 11 is 0. The van der Waals surface area contributed by atoms with Crippen LogP contribution in [-0.2, 0) is 109 Å². The number of carbonyl (C=O) groups excluding carboxylic acids is 1. The van der Waals surface area contributed by atoms with Gasteiger partial charge in [-0.2, -0.15) is 0 Å². The SMILES string of the molecule is CCCCOCC1O[C@@H](OCCCC)[C@@H](C)C(OCCCC)[C@@H]1O[C@@H]1OC(CO)[C@@H](O)C(O[C@@H]2OC(COCCCC)[C@H](OCCCC)C(OCCCC)[C@@H]2O[C@@H]2OC(COCCCC)[C@@H](O[C@@H]3OC(COCCCC)[C@H](OCCCC)C(OCCCC)C3OC(C)=O)C(OCCCC)[C@@H]2C)C1OCCCC. The third-order valence-corrected chi connectivity index (χ3v) is 20.5. The van der Waals surface area contributed by atoms with Gasteiger partial charge in [0.2, 0.25) is 0 Å². The Bertz CT molecular complexity index is 2140. The second kappa shape index (κ2) is 57.6. The van der Waals surface area contributed by atoms with E-state index in [-0.39, 0.29) is 39.0 Å². The van der Waals surface area contributed by atoms with Crippen molar-refractivity contribution < 1.29 is 119 Å². The first-order valence-corrected chi connectivity index (χ1v) is 42.8. The zero-order chi connectivity index (χ0) is 77.6. The fourth-order valence-corrected chi connectivity index (χ4v) is 13.8. The first kappa shape index (κ1) is 96.1. The van der Waals surface area contributed by atoms with Gasteiger partial charge in [-0.05, 0) is 77.0 Å². The Morgan fingerprint density at radius 3 is 0.916 bits per heavy atom. The van der Waals surface area contributed by atoms with Gasteiger partial charge >= 0.3 is 5.97 Å². The summed E-state index contributed by atoms with van der Waals surface area (Å²) in [5.41, 5.74) is 0. The number of esters is 1. The molecule has 0 radical (unpaired) electrons. The average molecular weight is 1540 g/mol. The van der Waals surface area contributed by atoms with Crippen LogP contribution in [0.15, 0.2) is 0 Å². The number of aliphatic hydroxyl groups excluding tert-OH is 2. The highest BCUT2D eigenvalue weighted by atomic mass is 16.8. The second-order valence-corrected chi connectivity index (χ2v) is 29.8. The Morgan fingerprint density at radius 1 is 0.280 bits per heavy atom. The summed E-state index contributed by atoms with van der Waals surface area (Å²) in [4.78, 5) is 13.5. The predicted octanol–water partition coefficient (Wildman–Crippen LogP) is 13.1. The molecule has 5 heterocycles. The molecule has 0 aliphatic carbocycles. The predicted molar refractivity (Wildman–Crippen MR) is 406 cm³/mol. The molecule has 0 saturated carbocycles. The minimum atomic E-state index is -1.52. The zero-order valence-corrected chi connectivity index (χ0v) is 69.2. The zero-order valence-electron chi connectivity index (χ0n) is 69.2. The molecule has 0 aromatic heterocycles. The van der Waals surface area contributed by atoms with Crippen molar-refractivity contribution in [3.8, 4) is 0 Å². The van der Waals surface area contributed by atoms with E-state index in [2.05, 4.69) is 90.0 Å². The minimum absolute atomic E-state index is 0.0403. The van der Waals surface area contributed by atoms with Crippen LogP contribution in [0.2, 0.25) is 0 Å². The summed E-state index contributed by atoms with van der Waals surface area (Å²) in [7, 11) is 0. The van der Waals surface area contributed by atoms with Gasteiger partial charge in [0.05, 0.1) is 45.2 Å². The van der Waals surface area contributed by atoms with Crippen LogP contribution in [0.5, 0.6) is 0 Å². The molecule has 0 aromatic carbocycles. The highest BCUT2D eigenvalue weighted by Gasteiger charge is 2.59. The molecule has 5 aliphatic rings. The van der Waals surface area contributed by atoms with Gasteiger partial charge in [0.25, 0.3) is 0 Å². The number of unbranched alkanes of at least 4 members (excludes halogenated alkanes) is 12. The molecule has 107 heavy (non-hydrogen) atoms. The summed E-state index contributed by atoms with van der Waals surface area (Å²) in [6.45, 7) is 35.7. The molecule has 0 spiro atoms. The molecule has 5 saturated heterocycles. The smallest absolute Gasteiger partial charge is 0.303 e. The first-order valence-electron chi connectivity index (χ1n) is 42.8. The lowest BCUT2D eigenvalue weighted by Gasteiger charge is -2.52. The van der Waals surface area contributed by atoms with Gasteiger partial charge in [0.1, 0.15) is 91.6 Å². The van der Waals surface area contributed by atoms with Gasteiger partial charge in [-0.15, -0.1) is 0 Å². The molecule has 12 unspecified atom stereocenters. The molecule has 5 rings (SSSR count). The average Bonchev–Trinajstić information content (AvgIpc) is 0.766. The van der Waals surface area contributed by atoms with E-state index in [0.717, 1.165) is 141 Å². The third-order valence-electron chi connectivity index (χ3n) is 20.5. The monoisotopic (exact) mass is 1540 g/mol. The van der Waals surface area contributed by atoms with Gasteiger partial charge < -0.3 is 114 Å². The van der Waals surface area contributed by atoms with Gasteiger partial charge in [-0.25, -0.2) is 0 Å². The third kappa shape index (κ3) is 32.3. The van der Waals surface area contributed by atoms with Gasteiger partial charge in [-0.3, -0.25) is 4.79 Å². The Hall–Kier alpha value is -1.45. The lowest BCUT2D eigenvalue weighted by molar-refractivity contribution is -0.405. The summed E-state index contributed by atoms with van der Waals surface area (Å²) in [6.07, 6.45) is -2.46. The van der Waals surface area contributed by atoms with Crippen molar-refractivity contribution in [2.24, 2.45) is 11.8 Å². The van der Waals surface area contributed by atoms with Crippen molar-refractivity contribution in [2.75, 3.05) is 112 Å². The Balaban J connectivity index is 1.73. The van der Waals surface area contributed by atoms with E-state index in [1.54, 1.807) is 0 Å². The van der Waals surface area contributed by atoms with Crippen molar-refractivity contribution >= 4 is 5.97 Å². The van der Waals surface area contributed by atoms with Crippen LogP contribution in [0.1, 0.15) is 258 Å². The van der Waals surface area contributed by atoms with Crippen molar-refractivity contribution in [3.05, 3.63) is 0 Å². The van der Waals surface area contributed by atoms with Crippen molar-refractivity contribution in [3.63, 3.8) is 0 Å². The molecule has 632 valence electrons. The summed E-state index contributed by atoms with van der Waals surface area (Å²) in [6, 6.07) is 0. The summed E-state index contributed by atoms with van der Waals surface area (Å²) < 4.78 is 153. The topological polar surface area (TPSA) is 261 Å². The summed E-state index contributed by atoms with van der Waals surface area (Å²) in [5, 5.41) is 24.4. The molecule has 25 atom stereocenters. The maximum Gasteiger partial charge on any atom is 0.303 e. The fraction of sp³-hybridized carbons (Fsp3) is 0.988. The van der Waals surface area contributed by atoms with Crippen LogP contribution < -0.4 is 0 Å². The number of hydrogen-bond acceptors (Lipinski definition) is 25. The number of hydrogen-bond donors (Lipinski definition) is 2. The van der Waals surface area contributed by atoms with E-state index < -0.39 is 160 Å². The molecule has 0 aromatic rings. The molecule has 0 amide bonds. The van der Waals surface area contributed by atoms with E-state index >= 15 is 0 Å². The molecule has 5 fully saturated rings. The van der Waals surface area contributed by atoms with Crippen LogP contribution in [0.3, 0.4) is 0 Å². The molecule has 5 aliphatic heterocycles. The quantitative estimate of drug-likeness (QED) is 0.0423. The van der Waals surface area contributed by atoms with E-state index in [1.165, 1.54) is 6.92 Å². The van der Waals surface area contributed by atoms with Gasteiger partial charge in [0, 0.05) is 98.0 Å². The number of aliphatic hydroxyl groups is 2.